The zero-order chi connectivity index (χ0) is 16.4. The van der Waals surface area contributed by atoms with Crippen molar-refractivity contribution in [2.24, 2.45) is 0 Å². The third-order valence-corrected chi connectivity index (χ3v) is 5.04. The molecule has 0 saturated carbocycles. The summed E-state index contributed by atoms with van der Waals surface area (Å²) in [6.07, 6.45) is -0.0644. The van der Waals surface area contributed by atoms with E-state index < -0.39 is 27.3 Å². The van der Waals surface area contributed by atoms with Crippen LogP contribution < -0.4 is 4.72 Å². The second kappa shape index (κ2) is 6.29. The van der Waals surface area contributed by atoms with Crippen molar-refractivity contribution in [3.05, 3.63) is 28.5 Å². The molecule has 1 rings (SSSR count). The van der Waals surface area contributed by atoms with Crippen molar-refractivity contribution in [3.8, 4) is 0 Å². The quantitative estimate of drug-likeness (QED) is 0.836. The Labute approximate surface area is 128 Å². The number of rotatable bonds is 6. The minimum Gasteiger partial charge on any atom is -0.481 e. The third kappa shape index (κ3) is 4.94. The molecular weight excluding hydrogens is 321 g/mol. The highest BCUT2D eigenvalue weighted by atomic mass is 35.5. The Bertz CT molecular complexity index is 658. The Kier molecular flexibility index (Phi) is 5.35. The van der Waals surface area contributed by atoms with Crippen molar-refractivity contribution in [1.82, 2.24) is 4.72 Å². The first-order valence-corrected chi connectivity index (χ1v) is 8.02. The number of carboxylic acids is 1. The van der Waals surface area contributed by atoms with Gasteiger partial charge in [-0.1, -0.05) is 11.6 Å². The molecule has 5 nitrogen and oxygen atoms in total. The van der Waals surface area contributed by atoms with E-state index in [2.05, 4.69) is 4.72 Å². The molecule has 0 atom stereocenters. The number of aryl methyl sites for hydroxylation is 1. The van der Waals surface area contributed by atoms with Gasteiger partial charge in [0.1, 0.15) is 10.7 Å². The molecule has 0 saturated heterocycles. The van der Waals surface area contributed by atoms with Gasteiger partial charge in [-0.15, -0.1) is 0 Å². The van der Waals surface area contributed by atoms with E-state index in [0.29, 0.717) is 0 Å². The van der Waals surface area contributed by atoms with Crippen LogP contribution in [0.3, 0.4) is 0 Å². The number of sulfonamides is 1. The predicted octanol–water partition coefficient (Wildman–Crippen LogP) is 2.71. The van der Waals surface area contributed by atoms with Crippen LogP contribution in [0.2, 0.25) is 5.02 Å². The normalized spacial score (nSPS) is 12.4. The largest absolute Gasteiger partial charge is 0.481 e. The molecule has 0 aliphatic carbocycles. The minimum absolute atomic E-state index is 0.110. The number of hydrogen-bond acceptors (Lipinski definition) is 3. The molecule has 0 bridgehead atoms. The molecule has 0 aromatic heterocycles. The van der Waals surface area contributed by atoms with Crippen molar-refractivity contribution in [1.29, 1.82) is 0 Å². The molecular formula is C13H17ClFNO4S. The lowest BCUT2D eigenvalue weighted by atomic mass is 10.0. The van der Waals surface area contributed by atoms with Crippen LogP contribution in [0.1, 0.15) is 32.3 Å². The fourth-order valence-corrected chi connectivity index (χ4v) is 3.77. The summed E-state index contributed by atoms with van der Waals surface area (Å²) in [5.41, 5.74) is -0.814. The molecule has 0 aliphatic heterocycles. The van der Waals surface area contributed by atoms with Gasteiger partial charge in [-0.2, -0.15) is 0 Å². The van der Waals surface area contributed by atoms with E-state index in [-0.39, 0.29) is 28.3 Å². The van der Waals surface area contributed by atoms with E-state index in [1.165, 1.54) is 6.92 Å². The van der Waals surface area contributed by atoms with Gasteiger partial charge in [0.05, 0.1) is 5.02 Å². The minimum atomic E-state index is -3.98. The summed E-state index contributed by atoms with van der Waals surface area (Å²) in [5.74, 6) is -1.61. The summed E-state index contributed by atoms with van der Waals surface area (Å²) in [4.78, 5) is 10.3. The van der Waals surface area contributed by atoms with Crippen LogP contribution in [-0.4, -0.2) is 25.0 Å². The number of nitrogens with one attached hydrogen (secondary N) is 1. The molecule has 118 valence electrons. The van der Waals surface area contributed by atoms with Crippen molar-refractivity contribution < 1.29 is 22.7 Å². The fraction of sp³-hybridized carbons (Fsp3) is 0.462. The zero-order valence-electron chi connectivity index (χ0n) is 11.9. The van der Waals surface area contributed by atoms with Gasteiger partial charge in [-0.25, -0.2) is 17.5 Å². The van der Waals surface area contributed by atoms with E-state index in [9.17, 15) is 17.6 Å². The summed E-state index contributed by atoms with van der Waals surface area (Å²) in [6, 6.07) is 2.09. The smallest absolute Gasteiger partial charge is 0.303 e. The third-order valence-electron chi connectivity index (χ3n) is 2.88. The zero-order valence-corrected chi connectivity index (χ0v) is 13.5. The van der Waals surface area contributed by atoms with E-state index >= 15 is 0 Å². The summed E-state index contributed by atoms with van der Waals surface area (Å²) in [5, 5.41) is 8.44. The van der Waals surface area contributed by atoms with Gasteiger partial charge < -0.3 is 5.11 Å². The van der Waals surface area contributed by atoms with Gasteiger partial charge in [-0.3, -0.25) is 4.79 Å². The van der Waals surface area contributed by atoms with E-state index in [1.807, 2.05) is 0 Å². The lowest BCUT2D eigenvalue weighted by molar-refractivity contribution is -0.137. The average molecular weight is 338 g/mol. The van der Waals surface area contributed by atoms with Gasteiger partial charge in [0.25, 0.3) is 0 Å². The Morgan fingerprint density at radius 2 is 2.00 bits per heavy atom. The lowest BCUT2D eigenvalue weighted by Crippen LogP contribution is -2.43. The van der Waals surface area contributed by atoms with E-state index in [0.717, 1.165) is 12.1 Å². The summed E-state index contributed by atoms with van der Waals surface area (Å²) >= 11 is 5.79. The maximum absolute atomic E-state index is 13.3. The Morgan fingerprint density at radius 3 is 2.52 bits per heavy atom. The van der Waals surface area contributed by atoms with Crippen molar-refractivity contribution in [2.75, 3.05) is 0 Å². The number of aliphatic carboxylic acids is 1. The number of carboxylic acid groups (broad SMARTS) is 1. The highest BCUT2D eigenvalue weighted by molar-refractivity contribution is 7.89. The topological polar surface area (TPSA) is 83.5 Å². The molecule has 1 aromatic rings. The van der Waals surface area contributed by atoms with Crippen LogP contribution in [0.4, 0.5) is 4.39 Å². The van der Waals surface area contributed by atoms with Crippen molar-refractivity contribution in [3.63, 3.8) is 0 Å². The van der Waals surface area contributed by atoms with Crippen LogP contribution in [0.15, 0.2) is 17.0 Å². The van der Waals surface area contributed by atoms with E-state index in [4.69, 9.17) is 16.7 Å². The molecule has 0 spiro atoms. The number of carbonyl (C=O) groups is 1. The Balaban J connectivity index is 3.07. The van der Waals surface area contributed by atoms with Crippen LogP contribution in [0.25, 0.3) is 0 Å². The van der Waals surface area contributed by atoms with Gasteiger partial charge in [-0.05, 0) is 44.9 Å². The average Bonchev–Trinajstić information content (AvgIpc) is 2.30. The first kappa shape index (κ1) is 17.9. The fourth-order valence-electron chi connectivity index (χ4n) is 1.73. The molecule has 0 heterocycles. The van der Waals surface area contributed by atoms with Gasteiger partial charge in [0.2, 0.25) is 10.0 Å². The van der Waals surface area contributed by atoms with Crippen LogP contribution >= 0.6 is 11.6 Å². The molecule has 8 heteroatoms. The predicted molar refractivity (Wildman–Crippen MR) is 77.4 cm³/mol. The van der Waals surface area contributed by atoms with Crippen LogP contribution in [-0.2, 0) is 14.8 Å². The highest BCUT2D eigenvalue weighted by Crippen LogP contribution is 2.26. The summed E-state index contributed by atoms with van der Waals surface area (Å²) < 4.78 is 40.3. The second-order valence-electron chi connectivity index (χ2n) is 5.41. The van der Waals surface area contributed by atoms with E-state index in [1.54, 1.807) is 13.8 Å². The SMILES string of the molecule is Cc1cc(S(=O)(=O)NC(C)(C)CCC(=O)O)c(Cl)cc1F. The Morgan fingerprint density at radius 1 is 1.43 bits per heavy atom. The first-order valence-electron chi connectivity index (χ1n) is 6.16. The van der Waals surface area contributed by atoms with Crippen LogP contribution in [0.5, 0.6) is 0 Å². The van der Waals surface area contributed by atoms with Crippen molar-refractivity contribution in [2.45, 2.75) is 44.0 Å². The van der Waals surface area contributed by atoms with Crippen LogP contribution in [0, 0.1) is 12.7 Å². The highest BCUT2D eigenvalue weighted by Gasteiger charge is 2.28. The lowest BCUT2D eigenvalue weighted by Gasteiger charge is -2.25. The molecule has 2 N–H and O–H groups in total. The molecule has 0 unspecified atom stereocenters. The molecule has 1 aromatic carbocycles. The Hall–Kier alpha value is -1.18. The monoisotopic (exact) mass is 337 g/mol. The first-order chi connectivity index (χ1) is 9.44. The summed E-state index contributed by atoms with van der Waals surface area (Å²) in [7, 11) is -3.98. The molecule has 0 amide bonds. The maximum Gasteiger partial charge on any atom is 0.303 e. The van der Waals surface area contributed by atoms with Gasteiger partial charge in [0.15, 0.2) is 0 Å². The number of benzene rings is 1. The molecule has 0 aliphatic rings. The summed E-state index contributed by atoms with van der Waals surface area (Å²) in [6.45, 7) is 4.57. The molecule has 21 heavy (non-hydrogen) atoms. The number of halogens is 2. The van der Waals surface area contributed by atoms with Gasteiger partial charge in [0, 0.05) is 12.0 Å². The maximum atomic E-state index is 13.3. The molecule has 0 radical (unpaired) electrons. The second-order valence-corrected chi connectivity index (χ2v) is 7.47. The molecule has 0 fully saturated rings. The van der Waals surface area contributed by atoms with Gasteiger partial charge >= 0.3 is 5.97 Å². The standard InChI is InChI=1S/C13H17ClFNO4S/c1-8-6-11(9(14)7-10(8)15)21(19,20)16-13(2,3)5-4-12(17)18/h6-7,16H,4-5H2,1-3H3,(H,17,18). The number of hydrogen-bond donors (Lipinski definition) is 2. The van der Waals surface area contributed by atoms with Crippen molar-refractivity contribution >= 4 is 27.6 Å².